The number of hydrogen-bond acceptors (Lipinski definition) is 17. The first-order chi connectivity index (χ1) is 30.6. The lowest BCUT2D eigenvalue weighted by atomic mass is 9.75. The van der Waals surface area contributed by atoms with Crippen LogP contribution in [0.2, 0.25) is 0 Å². The molecule has 18 nitrogen and oxygen atoms in total. The molecule has 5 heterocycles. The standard InChI is InChI=1S/C46H72N6O12S/c1-10-37-46(7,57)41(55)28(3)38(49-64-34-12-11-19-47-24-34)32-23-45(6,60-26-32)42(29(4)39(53)30(5)43(56)62-37)63-44-40(54)36(22-27(2)61-44)51(8)20-18-33-25-52(50-48-33)21-17-31-13-15-35(16-14-31)65(9,58)59/h13-16,25,27-30,32,34,36-37,40-42,44,47,54-55,57H,10-12,17-24,26H2,1-9H3/b49-38-/t27-,28+,29+,30-,32+,34-,36+,37-,40-,41-,42-,44+,45-,46-/m1/s1. The third-order valence-corrected chi connectivity index (χ3v) is 15.2. The molecule has 0 amide bonds. The minimum Gasteiger partial charge on any atom is -0.459 e. The molecule has 4 saturated heterocycles. The molecule has 2 bridgehead atoms. The summed E-state index contributed by atoms with van der Waals surface area (Å²) in [4.78, 5) is 36.5. The highest BCUT2D eigenvalue weighted by molar-refractivity contribution is 7.90. The van der Waals surface area contributed by atoms with Crippen molar-refractivity contribution in [3.63, 3.8) is 0 Å². The smallest absolute Gasteiger partial charge is 0.316 e. The molecule has 4 aliphatic rings. The summed E-state index contributed by atoms with van der Waals surface area (Å²) in [7, 11) is -1.35. The van der Waals surface area contributed by atoms with Crippen molar-refractivity contribution in [2.75, 3.05) is 39.5 Å². The van der Waals surface area contributed by atoms with E-state index in [9.17, 15) is 33.3 Å². The van der Waals surface area contributed by atoms with Crippen LogP contribution in [-0.4, -0.2) is 161 Å². The van der Waals surface area contributed by atoms with Crippen molar-refractivity contribution < 1.29 is 57.1 Å². The van der Waals surface area contributed by atoms with Crippen molar-refractivity contribution in [1.29, 1.82) is 0 Å². The Morgan fingerprint density at radius 1 is 1.08 bits per heavy atom. The molecule has 0 aliphatic carbocycles. The van der Waals surface area contributed by atoms with Crippen LogP contribution in [0.3, 0.4) is 0 Å². The number of sulfone groups is 1. The number of aliphatic hydroxyl groups excluding tert-OH is 2. The topological polar surface area (TPSA) is 233 Å². The van der Waals surface area contributed by atoms with Crippen LogP contribution in [0.25, 0.3) is 0 Å². The van der Waals surface area contributed by atoms with Gasteiger partial charge in [-0.05, 0) is 97.5 Å². The molecule has 0 radical (unpaired) electrons. The highest BCUT2D eigenvalue weighted by Crippen LogP contribution is 2.43. The summed E-state index contributed by atoms with van der Waals surface area (Å²) in [6.07, 6.45) is 0.494. The Labute approximate surface area is 383 Å². The summed E-state index contributed by atoms with van der Waals surface area (Å²) in [5, 5.41) is 52.4. The predicted molar refractivity (Wildman–Crippen MR) is 239 cm³/mol. The van der Waals surface area contributed by atoms with Crippen molar-refractivity contribution in [2.24, 2.45) is 28.8 Å². The average Bonchev–Trinajstić information content (AvgIpc) is 3.92. The maximum atomic E-state index is 14.4. The zero-order chi connectivity index (χ0) is 47.4. The van der Waals surface area contributed by atoms with Gasteiger partial charge in [-0.25, -0.2) is 8.42 Å². The van der Waals surface area contributed by atoms with Crippen molar-refractivity contribution in [3.8, 4) is 0 Å². The van der Waals surface area contributed by atoms with Crippen LogP contribution in [0.5, 0.6) is 0 Å². The van der Waals surface area contributed by atoms with Crippen molar-refractivity contribution >= 4 is 27.3 Å². The molecule has 4 N–H and O–H groups in total. The van der Waals surface area contributed by atoms with Gasteiger partial charge in [0.1, 0.15) is 29.8 Å². The number of carbonyl (C=O) groups excluding carboxylic acids is 2. The van der Waals surface area contributed by atoms with E-state index in [4.69, 9.17) is 23.8 Å². The highest BCUT2D eigenvalue weighted by Gasteiger charge is 2.55. The molecule has 0 unspecified atom stereocenters. The number of benzene rings is 1. The molecule has 19 heteroatoms. The number of aryl methyl sites for hydroxylation is 2. The molecule has 364 valence electrons. The van der Waals surface area contributed by atoms with Gasteiger partial charge in [-0.15, -0.1) is 5.10 Å². The molecule has 1 aromatic heterocycles. The Morgan fingerprint density at radius 2 is 1.80 bits per heavy atom. The minimum atomic E-state index is -3.27. The van der Waals surface area contributed by atoms with Crippen LogP contribution in [0.15, 0.2) is 40.5 Å². The first-order valence-electron chi connectivity index (χ1n) is 23.2. The van der Waals surface area contributed by atoms with Crippen LogP contribution in [-0.2, 0) is 62.6 Å². The molecule has 6 rings (SSSR count). The van der Waals surface area contributed by atoms with E-state index >= 15 is 0 Å². The molecular formula is C46H72N6O12S. The second kappa shape index (κ2) is 21.3. The van der Waals surface area contributed by atoms with Crippen LogP contribution < -0.4 is 5.32 Å². The fourth-order valence-electron chi connectivity index (χ4n) is 9.92. The first-order valence-corrected chi connectivity index (χ1v) is 25.1. The summed E-state index contributed by atoms with van der Waals surface area (Å²) in [6.45, 7) is 14.6. The number of ether oxygens (including phenoxy) is 4. The second-order valence-electron chi connectivity index (χ2n) is 19.4. The average molecular weight is 933 g/mol. The Bertz CT molecular complexity index is 2060. The van der Waals surface area contributed by atoms with E-state index in [0.29, 0.717) is 44.6 Å². The lowest BCUT2D eigenvalue weighted by Gasteiger charge is -2.46. The van der Waals surface area contributed by atoms with Crippen molar-refractivity contribution in [1.82, 2.24) is 25.2 Å². The molecule has 2 aromatic rings. The van der Waals surface area contributed by atoms with Gasteiger partial charge >= 0.3 is 5.97 Å². The summed E-state index contributed by atoms with van der Waals surface area (Å²) in [5.74, 6) is -4.70. The number of esters is 1. The summed E-state index contributed by atoms with van der Waals surface area (Å²) >= 11 is 0. The Kier molecular flexibility index (Phi) is 16.7. The number of carbonyl (C=O) groups is 2. The van der Waals surface area contributed by atoms with Gasteiger partial charge < -0.3 is 49.3 Å². The second-order valence-corrected chi connectivity index (χ2v) is 21.4. The molecule has 0 spiro atoms. The molecule has 0 saturated carbocycles. The number of aromatic nitrogens is 3. The number of Topliss-reactive ketones (excluding diaryl/α,β-unsaturated/α-hetero) is 1. The van der Waals surface area contributed by atoms with E-state index in [2.05, 4.69) is 20.8 Å². The molecule has 1 aromatic carbocycles. The van der Waals surface area contributed by atoms with Crippen LogP contribution in [0, 0.1) is 23.7 Å². The third-order valence-electron chi connectivity index (χ3n) is 14.1. The Balaban J connectivity index is 1.19. The predicted octanol–water partition coefficient (Wildman–Crippen LogP) is 2.49. The van der Waals surface area contributed by atoms with Crippen LogP contribution >= 0.6 is 0 Å². The summed E-state index contributed by atoms with van der Waals surface area (Å²) in [5.41, 5.74) is -0.855. The number of nitrogens with one attached hydrogen (secondary N) is 1. The SMILES string of the molecule is CC[C@H]1OC(=O)[C@H](C)C(=O)[C@H](C)[C@@H](O[C@@H]2O[C@H](C)C[C@H](N(C)CCc3cn(CCc4ccc(S(C)(=O)=O)cc4)nn3)[C@H]2O)[C@@]2(C)C[C@@H](CO2)/C(=N\O[C@@H]2CCCNC2)[C@H](C)[C@@H](O)[C@]1(C)O. The van der Waals surface area contributed by atoms with Crippen LogP contribution in [0.4, 0.5) is 0 Å². The van der Waals surface area contributed by atoms with Gasteiger partial charge in [0.15, 0.2) is 21.9 Å². The number of nitrogens with zero attached hydrogens (tertiary/aromatic N) is 5. The minimum absolute atomic E-state index is 0.142. The maximum Gasteiger partial charge on any atom is 0.316 e. The van der Waals surface area contributed by atoms with Gasteiger partial charge in [0.25, 0.3) is 0 Å². The van der Waals surface area contributed by atoms with E-state index in [-0.39, 0.29) is 36.6 Å². The molecule has 14 atom stereocenters. The number of cyclic esters (lactones) is 1. The number of hydrogen-bond donors (Lipinski definition) is 4. The monoisotopic (exact) mass is 932 g/mol. The summed E-state index contributed by atoms with van der Waals surface area (Å²) < 4.78 is 51.0. The van der Waals surface area contributed by atoms with Gasteiger partial charge in [0.2, 0.25) is 0 Å². The van der Waals surface area contributed by atoms with E-state index < -0.39 is 93.2 Å². The fraction of sp³-hybridized carbons (Fsp3) is 0.761. The zero-order valence-corrected chi connectivity index (χ0v) is 40.3. The number of piperidine rings is 1. The number of fused-ring (bicyclic) bond motifs is 2. The Morgan fingerprint density at radius 3 is 2.46 bits per heavy atom. The van der Waals surface area contributed by atoms with Crippen LogP contribution in [0.1, 0.15) is 91.8 Å². The zero-order valence-electron chi connectivity index (χ0n) is 39.5. The van der Waals surface area contributed by atoms with E-state index in [1.54, 1.807) is 49.7 Å². The number of oxime groups is 1. The van der Waals surface area contributed by atoms with Gasteiger partial charge in [0.05, 0.1) is 46.8 Å². The molecule has 4 fully saturated rings. The lowest BCUT2D eigenvalue weighted by Crippen LogP contribution is -2.59. The van der Waals surface area contributed by atoms with Gasteiger partial charge in [-0.1, -0.05) is 43.3 Å². The normalized spacial score (nSPS) is 37.3. The van der Waals surface area contributed by atoms with Gasteiger partial charge in [0, 0.05) is 62.3 Å². The Hall–Kier alpha value is -3.40. The highest BCUT2D eigenvalue weighted by atomic mass is 32.2. The largest absolute Gasteiger partial charge is 0.459 e. The van der Waals surface area contributed by atoms with Crippen molar-refractivity contribution in [3.05, 3.63) is 41.7 Å². The van der Waals surface area contributed by atoms with E-state index in [0.717, 1.165) is 30.6 Å². The first kappa shape index (κ1) is 51.0. The van der Waals surface area contributed by atoms with E-state index in [1.165, 1.54) is 20.1 Å². The van der Waals surface area contributed by atoms with Gasteiger partial charge in [-0.3, -0.25) is 14.3 Å². The number of rotatable bonds is 13. The van der Waals surface area contributed by atoms with Gasteiger partial charge in [-0.2, -0.15) is 0 Å². The molecule has 4 aliphatic heterocycles. The number of ketones is 1. The van der Waals surface area contributed by atoms with E-state index in [1.807, 2.05) is 32.0 Å². The number of aliphatic hydroxyl groups is 3. The quantitative estimate of drug-likeness (QED) is 0.128. The molecule has 65 heavy (non-hydrogen) atoms. The maximum absolute atomic E-state index is 14.4. The number of likely N-dealkylation sites (N-methyl/N-ethyl adjacent to an activating group) is 1. The molecular weight excluding hydrogens is 861 g/mol. The van der Waals surface area contributed by atoms with Crippen molar-refractivity contribution in [2.45, 2.75) is 165 Å². The fourth-order valence-corrected chi connectivity index (χ4v) is 10.5. The third kappa shape index (κ3) is 12.0. The lowest BCUT2D eigenvalue weighted by molar-refractivity contribution is -0.293. The summed E-state index contributed by atoms with van der Waals surface area (Å²) in [6, 6.07) is 6.42.